The number of anilines is 3. The maximum Gasteiger partial charge on any atom is 0.143 e. The van der Waals surface area contributed by atoms with Crippen LogP contribution in [-0.2, 0) is 0 Å². The number of fused-ring (bicyclic) bond motifs is 9. The molecule has 2 aromatic heterocycles. The van der Waals surface area contributed by atoms with Crippen LogP contribution < -0.4 is 4.90 Å². The molecule has 0 amide bonds. The summed E-state index contributed by atoms with van der Waals surface area (Å²) >= 11 is 0. The van der Waals surface area contributed by atoms with Gasteiger partial charge in [-0.25, -0.2) is 0 Å². The minimum atomic E-state index is 0.912. The Morgan fingerprint density at radius 1 is 0.323 bits per heavy atom. The van der Waals surface area contributed by atoms with Crippen LogP contribution in [0.15, 0.2) is 247 Å². The van der Waals surface area contributed by atoms with Crippen molar-refractivity contribution in [2.75, 3.05) is 4.90 Å². The molecule has 0 bridgehead atoms. The largest absolute Gasteiger partial charge is 0.455 e. The van der Waals surface area contributed by atoms with E-state index in [0.717, 1.165) is 61.4 Å². The molecule has 13 aromatic rings. The number of hydrogen-bond acceptors (Lipinski definition) is 2. The zero-order valence-corrected chi connectivity index (χ0v) is 35.4. The highest BCUT2D eigenvalue weighted by molar-refractivity contribution is 6.13. The average molecular weight is 829 g/mol. The van der Waals surface area contributed by atoms with Crippen molar-refractivity contribution in [1.29, 1.82) is 0 Å². The average Bonchev–Trinajstić information content (AvgIpc) is 3.93. The smallest absolute Gasteiger partial charge is 0.143 e. The Morgan fingerprint density at radius 2 is 0.877 bits per heavy atom. The van der Waals surface area contributed by atoms with E-state index in [-0.39, 0.29) is 0 Å². The molecule has 0 radical (unpaired) electrons. The van der Waals surface area contributed by atoms with E-state index in [1.165, 1.54) is 60.0 Å². The van der Waals surface area contributed by atoms with Gasteiger partial charge in [-0.1, -0.05) is 182 Å². The first-order chi connectivity index (χ1) is 32.2. The van der Waals surface area contributed by atoms with Crippen molar-refractivity contribution >= 4 is 82.4 Å². The monoisotopic (exact) mass is 828 g/mol. The number of aromatic nitrogens is 1. The Hall–Kier alpha value is -8.66. The van der Waals surface area contributed by atoms with Gasteiger partial charge >= 0.3 is 0 Å². The van der Waals surface area contributed by atoms with Gasteiger partial charge in [-0.15, -0.1) is 0 Å². The van der Waals surface area contributed by atoms with Crippen molar-refractivity contribution in [3.05, 3.63) is 243 Å². The summed E-state index contributed by atoms with van der Waals surface area (Å²) in [5, 5.41) is 9.60. The Labute approximate surface area is 376 Å². The van der Waals surface area contributed by atoms with Crippen molar-refractivity contribution in [2.24, 2.45) is 0 Å². The van der Waals surface area contributed by atoms with Gasteiger partial charge in [0.05, 0.1) is 22.4 Å². The molecule has 13 rings (SSSR count). The number of hydrogen-bond donors (Lipinski definition) is 0. The number of furan rings is 1. The van der Waals surface area contributed by atoms with Gasteiger partial charge < -0.3 is 13.9 Å². The number of benzene rings is 11. The van der Waals surface area contributed by atoms with E-state index >= 15 is 0 Å². The highest BCUT2D eigenvalue weighted by atomic mass is 16.3. The molecular weight excluding hydrogens is 789 g/mol. The molecule has 0 aliphatic heterocycles. The Bertz CT molecular complexity index is 3900. The summed E-state index contributed by atoms with van der Waals surface area (Å²) in [6.45, 7) is 0. The lowest BCUT2D eigenvalue weighted by Gasteiger charge is -2.28. The van der Waals surface area contributed by atoms with E-state index in [9.17, 15) is 0 Å². The van der Waals surface area contributed by atoms with Crippen molar-refractivity contribution in [3.63, 3.8) is 0 Å². The molecule has 65 heavy (non-hydrogen) atoms. The third-order valence-electron chi connectivity index (χ3n) is 13.2. The van der Waals surface area contributed by atoms with Crippen LogP contribution in [0.5, 0.6) is 0 Å². The van der Waals surface area contributed by atoms with Crippen LogP contribution in [0, 0.1) is 0 Å². The molecule has 0 unspecified atom stereocenters. The Balaban J connectivity index is 0.928. The van der Waals surface area contributed by atoms with E-state index in [1.807, 2.05) is 12.1 Å². The lowest BCUT2D eigenvalue weighted by molar-refractivity contribution is 0.670. The van der Waals surface area contributed by atoms with Gasteiger partial charge in [0.1, 0.15) is 11.2 Å². The van der Waals surface area contributed by atoms with E-state index in [2.05, 4.69) is 240 Å². The highest BCUT2D eigenvalue weighted by Gasteiger charge is 2.20. The second kappa shape index (κ2) is 15.0. The zero-order chi connectivity index (χ0) is 42.8. The molecule has 0 aliphatic carbocycles. The second-order valence-electron chi connectivity index (χ2n) is 16.8. The zero-order valence-electron chi connectivity index (χ0n) is 35.4. The highest BCUT2D eigenvalue weighted by Crippen LogP contribution is 2.44. The van der Waals surface area contributed by atoms with Crippen molar-refractivity contribution < 1.29 is 4.42 Å². The predicted molar refractivity (Wildman–Crippen MR) is 274 cm³/mol. The number of para-hydroxylation sites is 6. The summed E-state index contributed by atoms with van der Waals surface area (Å²) in [6.07, 6.45) is 0. The van der Waals surface area contributed by atoms with Crippen molar-refractivity contribution in [3.8, 4) is 39.1 Å². The van der Waals surface area contributed by atoms with Gasteiger partial charge in [-0.2, -0.15) is 0 Å². The summed E-state index contributed by atoms with van der Waals surface area (Å²) in [7, 11) is 0. The van der Waals surface area contributed by atoms with E-state index in [4.69, 9.17) is 4.42 Å². The fraction of sp³-hybridized carbons (Fsp3) is 0. The van der Waals surface area contributed by atoms with Crippen LogP contribution >= 0.6 is 0 Å². The topological polar surface area (TPSA) is 21.3 Å². The Morgan fingerprint density at radius 3 is 1.66 bits per heavy atom. The molecule has 0 saturated carbocycles. The summed E-state index contributed by atoms with van der Waals surface area (Å²) in [4.78, 5) is 2.41. The molecule has 0 spiro atoms. The standard InChI is InChI=1S/C62H40N2O/c1-2-15-41(16-3-1)50-17-4-9-24-57(50)63(46-34-31-42(32-35-46)51-18-5-10-25-58(51)64-59-26-11-6-19-53(59)54-20-7-12-27-60(54)64)47-36-38-49-45(40-47)30-29-43-39-44(33-37-48(43)49)52-22-14-23-56-55-21-8-13-28-61(55)65-62(52)56/h1-40H. The molecule has 0 N–H and O–H groups in total. The minimum absolute atomic E-state index is 0.912. The van der Waals surface area contributed by atoms with E-state index < -0.39 is 0 Å². The summed E-state index contributed by atoms with van der Waals surface area (Å²) in [6, 6.07) is 87.7. The van der Waals surface area contributed by atoms with Crippen LogP contribution in [0.1, 0.15) is 0 Å². The molecule has 11 aromatic carbocycles. The fourth-order valence-electron chi connectivity index (χ4n) is 10.2. The van der Waals surface area contributed by atoms with Crippen LogP contribution in [0.2, 0.25) is 0 Å². The van der Waals surface area contributed by atoms with Crippen LogP contribution in [-0.4, -0.2) is 4.57 Å². The quantitative estimate of drug-likeness (QED) is 0.149. The first kappa shape index (κ1) is 36.9. The molecule has 0 aliphatic rings. The molecule has 0 saturated heterocycles. The molecular formula is C62H40N2O. The first-order valence-electron chi connectivity index (χ1n) is 22.2. The van der Waals surface area contributed by atoms with Gasteiger partial charge in [-0.05, 0) is 98.9 Å². The predicted octanol–water partition coefficient (Wildman–Crippen LogP) is 17.5. The minimum Gasteiger partial charge on any atom is -0.455 e. The summed E-state index contributed by atoms with van der Waals surface area (Å²) < 4.78 is 8.85. The first-order valence-corrected chi connectivity index (χ1v) is 22.2. The molecule has 3 heteroatoms. The third kappa shape index (κ3) is 6.05. The third-order valence-corrected chi connectivity index (χ3v) is 13.2. The SMILES string of the molecule is c1ccc(-c2ccccc2N(c2ccc(-c3ccccc3-n3c4ccccc4c4ccccc43)cc2)c2ccc3c(ccc4cc(-c5cccc6c5oc5ccccc56)ccc43)c2)cc1. The van der Waals surface area contributed by atoms with Crippen LogP contribution in [0.3, 0.4) is 0 Å². The molecule has 3 nitrogen and oxygen atoms in total. The van der Waals surface area contributed by atoms with Crippen LogP contribution in [0.4, 0.5) is 17.1 Å². The molecule has 0 fully saturated rings. The van der Waals surface area contributed by atoms with Gasteiger partial charge in [0, 0.05) is 49.6 Å². The maximum absolute atomic E-state index is 6.44. The van der Waals surface area contributed by atoms with E-state index in [1.54, 1.807) is 0 Å². The van der Waals surface area contributed by atoms with Crippen LogP contribution in [0.25, 0.3) is 104 Å². The Kier molecular flexibility index (Phi) is 8.53. The summed E-state index contributed by atoms with van der Waals surface area (Å²) in [5.41, 5.74) is 15.6. The second-order valence-corrected chi connectivity index (χ2v) is 16.8. The van der Waals surface area contributed by atoms with Gasteiger partial charge in [0.25, 0.3) is 0 Å². The fourth-order valence-corrected chi connectivity index (χ4v) is 10.2. The van der Waals surface area contributed by atoms with Gasteiger partial charge in [0.15, 0.2) is 0 Å². The normalized spacial score (nSPS) is 11.7. The van der Waals surface area contributed by atoms with Crippen molar-refractivity contribution in [1.82, 2.24) is 4.57 Å². The molecule has 304 valence electrons. The maximum atomic E-state index is 6.44. The molecule has 0 atom stereocenters. The van der Waals surface area contributed by atoms with E-state index in [0.29, 0.717) is 0 Å². The molecule has 2 heterocycles. The summed E-state index contributed by atoms with van der Waals surface area (Å²) in [5.74, 6) is 0. The number of nitrogens with zero attached hydrogens (tertiary/aromatic N) is 2. The van der Waals surface area contributed by atoms with Crippen molar-refractivity contribution in [2.45, 2.75) is 0 Å². The lowest BCUT2D eigenvalue weighted by Crippen LogP contribution is -2.11. The van der Waals surface area contributed by atoms with Gasteiger partial charge in [0.2, 0.25) is 0 Å². The number of rotatable bonds is 7. The van der Waals surface area contributed by atoms with Gasteiger partial charge in [-0.3, -0.25) is 0 Å². The lowest BCUT2D eigenvalue weighted by atomic mass is 9.96.